The van der Waals surface area contributed by atoms with Crippen molar-refractivity contribution in [1.29, 1.82) is 0 Å². The van der Waals surface area contributed by atoms with Crippen LogP contribution in [0.25, 0.3) is 0 Å². The molecule has 3 rings (SSSR count). The van der Waals surface area contributed by atoms with Crippen LogP contribution in [0.3, 0.4) is 0 Å². The van der Waals surface area contributed by atoms with E-state index in [4.69, 9.17) is 0 Å². The van der Waals surface area contributed by atoms with Crippen molar-refractivity contribution in [2.75, 3.05) is 0 Å². The highest BCUT2D eigenvalue weighted by Gasteiger charge is 2.65. The Morgan fingerprint density at radius 1 is 1.14 bits per heavy atom. The molecule has 1 saturated heterocycles. The first kappa shape index (κ1) is 14.8. The van der Waals surface area contributed by atoms with Crippen LogP contribution in [0.4, 0.5) is 13.2 Å². The number of sulfonamides is 1. The van der Waals surface area contributed by atoms with E-state index in [1.54, 1.807) is 12.1 Å². The zero-order valence-corrected chi connectivity index (χ0v) is 12.3. The summed E-state index contributed by atoms with van der Waals surface area (Å²) >= 11 is 0. The molecule has 2 fully saturated rings. The minimum absolute atomic E-state index is 0.0184. The number of benzene rings is 1. The van der Waals surface area contributed by atoms with Gasteiger partial charge in [-0.2, -0.15) is 17.5 Å². The molecule has 1 aromatic carbocycles. The highest BCUT2D eigenvalue weighted by molar-refractivity contribution is 7.89. The molecule has 3 nitrogen and oxygen atoms in total. The number of alkyl halides is 3. The van der Waals surface area contributed by atoms with Crippen molar-refractivity contribution in [2.45, 2.75) is 49.3 Å². The molecular weight excluding hydrogens is 303 g/mol. The second-order valence-corrected chi connectivity index (χ2v) is 7.63. The van der Waals surface area contributed by atoms with Crippen molar-refractivity contribution >= 4 is 10.0 Å². The topological polar surface area (TPSA) is 37.1 Å². The summed E-state index contributed by atoms with van der Waals surface area (Å²) < 4.78 is 65.1. The summed E-state index contributed by atoms with van der Waals surface area (Å²) in [6, 6.07) is 4.82. The van der Waals surface area contributed by atoms with Crippen molar-refractivity contribution in [3.8, 4) is 0 Å². The molecule has 116 valence electrons. The van der Waals surface area contributed by atoms with Gasteiger partial charge in [0, 0.05) is 6.04 Å². The highest BCUT2D eigenvalue weighted by Crippen LogP contribution is 2.52. The van der Waals surface area contributed by atoms with Gasteiger partial charge in [0.15, 0.2) is 0 Å². The first-order valence-corrected chi connectivity index (χ1v) is 8.34. The Hall–Kier alpha value is -1.08. The van der Waals surface area contributed by atoms with Gasteiger partial charge in [-0.25, -0.2) is 8.42 Å². The molecule has 0 amide bonds. The fraction of sp³-hybridized carbons (Fsp3) is 0.571. The third-order valence-corrected chi connectivity index (χ3v) is 6.31. The SMILES string of the molecule is Cc1ccc(S(=O)(=O)N2[C@H]3[C@@H]2CCC[C@@H]3C(F)(F)F)cc1. The monoisotopic (exact) mass is 319 g/mol. The molecule has 1 aliphatic carbocycles. The van der Waals surface area contributed by atoms with E-state index in [1.807, 2.05) is 6.92 Å². The van der Waals surface area contributed by atoms with Crippen LogP contribution >= 0.6 is 0 Å². The second kappa shape index (κ2) is 4.71. The maximum atomic E-state index is 13.0. The molecule has 1 aromatic rings. The van der Waals surface area contributed by atoms with E-state index in [2.05, 4.69) is 0 Å². The average Bonchev–Trinajstić information content (AvgIpc) is 3.12. The number of nitrogens with zero attached hydrogens (tertiary/aromatic N) is 1. The molecule has 2 aliphatic rings. The summed E-state index contributed by atoms with van der Waals surface area (Å²) in [4.78, 5) is 0.0726. The minimum Gasteiger partial charge on any atom is -0.207 e. The molecular formula is C14H16F3NO2S. The number of halogens is 3. The van der Waals surface area contributed by atoms with E-state index in [-0.39, 0.29) is 11.3 Å². The van der Waals surface area contributed by atoms with E-state index < -0.39 is 34.2 Å². The maximum absolute atomic E-state index is 13.0. The maximum Gasteiger partial charge on any atom is 0.393 e. The van der Waals surface area contributed by atoms with Gasteiger partial charge in [-0.15, -0.1) is 0 Å². The van der Waals surface area contributed by atoms with E-state index >= 15 is 0 Å². The van der Waals surface area contributed by atoms with Crippen LogP contribution in [0.2, 0.25) is 0 Å². The van der Waals surface area contributed by atoms with Crippen LogP contribution in [0.15, 0.2) is 29.2 Å². The van der Waals surface area contributed by atoms with Crippen molar-refractivity contribution in [2.24, 2.45) is 5.92 Å². The number of rotatable bonds is 2. The first-order chi connectivity index (χ1) is 9.73. The molecule has 0 aromatic heterocycles. The Morgan fingerprint density at radius 2 is 1.76 bits per heavy atom. The average molecular weight is 319 g/mol. The van der Waals surface area contributed by atoms with Gasteiger partial charge in [0.05, 0.1) is 16.9 Å². The summed E-state index contributed by atoms with van der Waals surface area (Å²) in [5.74, 6) is -1.53. The Morgan fingerprint density at radius 3 is 2.33 bits per heavy atom. The molecule has 0 N–H and O–H groups in total. The van der Waals surface area contributed by atoms with Gasteiger partial charge in [0.2, 0.25) is 10.0 Å². The van der Waals surface area contributed by atoms with Gasteiger partial charge in [0.1, 0.15) is 0 Å². The molecule has 4 atom stereocenters. The van der Waals surface area contributed by atoms with Crippen molar-refractivity contribution in [3.63, 3.8) is 0 Å². The number of aryl methyl sites for hydroxylation is 1. The number of hydrogen-bond acceptors (Lipinski definition) is 2. The summed E-state index contributed by atoms with van der Waals surface area (Å²) in [7, 11) is -3.82. The summed E-state index contributed by atoms with van der Waals surface area (Å²) in [5.41, 5.74) is 0.908. The largest absolute Gasteiger partial charge is 0.393 e. The van der Waals surface area contributed by atoms with E-state index in [1.165, 1.54) is 12.1 Å². The molecule has 0 bridgehead atoms. The molecule has 1 unspecified atom stereocenters. The van der Waals surface area contributed by atoms with E-state index in [0.717, 1.165) is 9.87 Å². The number of fused-ring (bicyclic) bond motifs is 1. The van der Waals surface area contributed by atoms with Gasteiger partial charge in [-0.3, -0.25) is 0 Å². The molecule has 1 heterocycles. The third-order valence-electron chi connectivity index (χ3n) is 4.37. The smallest absolute Gasteiger partial charge is 0.207 e. The van der Waals surface area contributed by atoms with Crippen molar-refractivity contribution in [3.05, 3.63) is 29.8 Å². The minimum atomic E-state index is -4.33. The molecule has 0 spiro atoms. The third kappa shape index (κ3) is 2.46. The lowest BCUT2D eigenvalue weighted by Crippen LogP contribution is -2.32. The van der Waals surface area contributed by atoms with Gasteiger partial charge in [0.25, 0.3) is 0 Å². The van der Waals surface area contributed by atoms with Crippen LogP contribution in [0.1, 0.15) is 24.8 Å². The molecule has 0 radical (unpaired) electrons. The lowest BCUT2D eigenvalue weighted by Gasteiger charge is -2.22. The van der Waals surface area contributed by atoms with Gasteiger partial charge in [-0.05, 0) is 31.9 Å². The lowest BCUT2D eigenvalue weighted by molar-refractivity contribution is -0.179. The van der Waals surface area contributed by atoms with Crippen molar-refractivity contribution < 1.29 is 21.6 Å². The normalized spacial score (nSPS) is 32.6. The highest BCUT2D eigenvalue weighted by atomic mass is 32.2. The molecule has 1 aliphatic heterocycles. The molecule has 7 heteroatoms. The Balaban J connectivity index is 1.90. The zero-order valence-electron chi connectivity index (χ0n) is 11.5. The Kier molecular flexibility index (Phi) is 3.33. The standard InChI is InChI=1S/C14H16F3NO2S/c1-9-5-7-10(8-6-9)21(19,20)18-12-4-2-3-11(13(12)18)14(15,16)17/h5-8,11-13H,2-4H2,1H3/t11-,12-,13+,18?/m0/s1. The zero-order chi connectivity index (χ0) is 15.4. The summed E-state index contributed by atoms with van der Waals surface area (Å²) in [6.45, 7) is 1.83. The fourth-order valence-corrected chi connectivity index (χ4v) is 5.13. The van der Waals surface area contributed by atoms with Gasteiger partial charge >= 0.3 is 6.18 Å². The quantitative estimate of drug-likeness (QED) is 0.786. The van der Waals surface area contributed by atoms with E-state index in [0.29, 0.717) is 12.8 Å². The predicted octanol–water partition coefficient (Wildman–Crippen LogP) is 3.10. The van der Waals surface area contributed by atoms with Crippen molar-refractivity contribution in [1.82, 2.24) is 4.31 Å². The fourth-order valence-electron chi connectivity index (χ4n) is 3.27. The predicted molar refractivity (Wildman–Crippen MR) is 71.2 cm³/mol. The number of hydrogen-bond donors (Lipinski definition) is 0. The molecule has 1 saturated carbocycles. The van der Waals surface area contributed by atoms with Crippen LogP contribution in [0, 0.1) is 12.8 Å². The van der Waals surface area contributed by atoms with Gasteiger partial charge < -0.3 is 0 Å². The van der Waals surface area contributed by atoms with Crippen LogP contribution in [-0.2, 0) is 10.0 Å². The van der Waals surface area contributed by atoms with Crippen LogP contribution in [0.5, 0.6) is 0 Å². The second-order valence-electron chi connectivity index (χ2n) is 5.78. The summed E-state index contributed by atoms with van der Waals surface area (Å²) in [5, 5.41) is 0. The summed E-state index contributed by atoms with van der Waals surface area (Å²) in [6.07, 6.45) is -3.38. The lowest BCUT2D eigenvalue weighted by atomic mass is 9.89. The van der Waals surface area contributed by atoms with E-state index in [9.17, 15) is 21.6 Å². The molecule has 21 heavy (non-hydrogen) atoms. The Bertz CT molecular complexity index is 639. The first-order valence-electron chi connectivity index (χ1n) is 6.90. The van der Waals surface area contributed by atoms with Gasteiger partial charge in [-0.1, -0.05) is 24.1 Å². The van der Waals surface area contributed by atoms with Crippen LogP contribution < -0.4 is 0 Å². The Labute approximate surface area is 121 Å². The van der Waals surface area contributed by atoms with Crippen LogP contribution in [-0.4, -0.2) is 31.0 Å².